The van der Waals surface area contributed by atoms with E-state index in [1.165, 1.54) is 0 Å². The summed E-state index contributed by atoms with van der Waals surface area (Å²) in [5, 5.41) is 0. The monoisotopic (exact) mass is 263 g/mol. The normalized spacial score (nSPS) is 16.6. The summed E-state index contributed by atoms with van der Waals surface area (Å²) in [6.07, 6.45) is 2.26. The van der Waals surface area contributed by atoms with Gasteiger partial charge in [-0.1, -0.05) is 6.07 Å². The number of rotatable bonds is 5. The molecule has 6 nitrogen and oxygen atoms in total. The molecular weight excluding hydrogens is 242 g/mol. The Hall–Kier alpha value is -1.66. The molecule has 0 radical (unpaired) electrons. The van der Waals surface area contributed by atoms with Gasteiger partial charge in [0.05, 0.1) is 0 Å². The predicted octanol–water partition coefficient (Wildman–Crippen LogP) is -0.462. The van der Waals surface area contributed by atoms with Crippen molar-refractivity contribution in [3.63, 3.8) is 0 Å². The maximum absolute atomic E-state index is 10.8. The highest BCUT2D eigenvalue weighted by atomic mass is 16.1. The molecule has 2 heterocycles. The van der Waals surface area contributed by atoms with E-state index in [0.29, 0.717) is 13.0 Å². The van der Waals surface area contributed by atoms with Crippen molar-refractivity contribution >= 4 is 11.7 Å². The van der Waals surface area contributed by atoms with E-state index in [2.05, 4.69) is 14.8 Å². The van der Waals surface area contributed by atoms with Crippen LogP contribution in [0.25, 0.3) is 0 Å². The van der Waals surface area contributed by atoms with Crippen molar-refractivity contribution < 1.29 is 4.79 Å². The maximum atomic E-state index is 10.8. The van der Waals surface area contributed by atoms with Gasteiger partial charge >= 0.3 is 0 Å². The molecule has 2 rings (SSSR count). The minimum Gasteiger partial charge on any atom is -0.370 e. The molecule has 6 heteroatoms. The van der Waals surface area contributed by atoms with Crippen LogP contribution in [0.3, 0.4) is 0 Å². The molecule has 1 aliphatic rings. The van der Waals surface area contributed by atoms with Crippen LogP contribution in [-0.4, -0.2) is 48.5 Å². The van der Waals surface area contributed by atoms with Crippen LogP contribution >= 0.6 is 0 Å². The van der Waals surface area contributed by atoms with Gasteiger partial charge in [-0.25, -0.2) is 4.98 Å². The van der Waals surface area contributed by atoms with E-state index in [0.717, 1.165) is 44.1 Å². The first-order valence-electron chi connectivity index (χ1n) is 6.59. The van der Waals surface area contributed by atoms with E-state index in [1.807, 2.05) is 18.3 Å². The van der Waals surface area contributed by atoms with Crippen molar-refractivity contribution in [2.45, 2.75) is 13.0 Å². The second-order valence-corrected chi connectivity index (χ2v) is 4.77. The Labute approximate surface area is 113 Å². The van der Waals surface area contributed by atoms with Gasteiger partial charge in [0.15, 0.2) is 0 Å². The van der Waals surface area contributed by atoms with Gasteiger partial charge in [0.1, 0.15) is 5.82 Å². The van der Waals surface area contributed by atoms with Gasteiger partial charge in [0.2, 0.25) is 5.91 Å². The van der Waals surface area contributed by atoms with Gasteiger partial charge in [-0.2, -0.15) is 0 Å². The third kappa shape index (κ3) is 3.90. The molecule has 0 atom stereocenters. The van der Waals surface area contributed by atoms with E-state index in [4.69, 9.17) is 11.5 Å². The fraction of sp³-hybridized carbons (Fsp3) is 0.538. The Morgan fingerprint density at radius 3 is 2.53 bits per heavy atom. The molecule has 0 bridgehead atoms. The fourth-order valence-electron chi connectivity index (χ4n) is 2.19. The Bertz CT molecular complexity index is 412. The minimum absolute atomic E-state index is 0.235. The molecule has 0 saturated carbocycles. The first kappa shape index (κ1) is 13.8. The van der Waals surface area contributed by atoms with E-state index >= 15 is 0 Å². The number of hydrogen-bond donors (Lipinski definition) is 2. The third-order valence-corrected chi connectivity index (χ3v) is 3.42. The predicted molar refractivity (Wildman–Crippen MR) is 74.6 cm³/mol. The number of nitrogens with zero attached hydrogens (tertiary/aromatic N) is 3. The van der Waals surface area contributed by atoms with E-state index in [1.54, 1.807) is 0 Å². The Morgan fingerprint density at radius 1 is 1.26 bits per heavy atom. The SMILES string of the molecule is NCc1ccc(N2CCN(CCC(N)=O)CC2)nc1. The molecule has 1 amide bonds. The van der Waals surface area contributed by atoms with Gasteiger partial charge in [-0.3, -0.25) is 9.69 Å². The van der Waals surface area contributed by atoms with Crippen LogP contribution in [0.4, 0.5) is 5.82 Å². The number of carbonyl (C=O) groups excluding carboxylic acids is 1. The fourth-order valence-corrected chi connectivity index (χ4v) is 2.19. The number of aromatic nitrogens is 1. The zero-order chi connectivity index (χ0) is 13.7. The lowest BCUT2D eigenvalue weighted by atomic mass is 10.2. The van der Waals surface area contributed by atoms with Crippen LogP contribution in [0.2, 0.25) is 0 Å². The van der Waals surface area contributed by atoms with E-state index in [-0.39, 0.29) is 5.91 Å². The summed E-state index contributed by atoms with van der Waals surface area (Å²) < 4.78 is 0. The van der Waals surface area contributed by atoms with Crippen molar-refractivity contribution in [2.75, 3.05) is 37.6 Å². The van der Waals surface area contributed by atoms with E-state index in [9.17, 15) is 4.79 Å². The highest BCUT2D eigenvalue weighted by Crippen LogP contribution is 2.14. The summed E-state index contributed by atoms with van der Waals surface area (Å²) >= 11 is 0. The lowest BCUT2D eigenvalue weighted by Gasteiger charge is -2.35. The highest BCUT2D eigenvalue weighted by Gasteiger charge is 2.17. The van der Waals surface area contributed by atoms with Gasteiger partial charge in [0, 0.05) is 51.9 Å². The molecule has 1 fully saturated rings. The maximum Gasteiger partial charge on any atom is 0.218 e. The summed E-state index contributed by atoms with van der Waals surface area (Å²) in [5.41, 5.74) is 11.8. The molecule has 1 aromatic rings. The second-order valence-electron chi connectivity index (χ2n) is 4.77. The highest BCUT2D eigenvalue weighted by molar-refractivity contribution is 5.73. The molecule has 0 spiro atoms. The average Bonchev–Trinajstić information content (AvgIpc) is 2.46. The Morgan fingerprint density at radius 2 is 2.00 bits per heavy atom. The molecule has 19 heavy (non-hydrogen) atoms. The molecule has 0 aromatic carbocycles. The lowest BCUT2D eigenvalue weighted by molar-refractivity contribution is -0.118. The number of amides is 1. The first-order valence-corrected chi connectivity index (χ1v) is 6.59. The number of nitrogens with two attached hydrogens (primary N) is 2. The molecule has 0 aliphatic carbocycles. The summed E-state index contributed by atoms with van der Waals surface area (Å²) in [4.78, 5) is 19.7. The number of piperazine rings is 1. The van der Waals surface area contributed by atoms with Crippen LogP contribution in [0.5, 0.6) is 0 Å². The Balaban J connectivity index is 1.83. The Kier molecular flexibility index (Phi) is 4.70. The summed E-state index contributed by atoms with van der Waals surface area (Å²) in [6.45, 7) is 5.00. The smallest absolute Gasteiger partial charge is 0.218 e. The van der Waals surface area contributed by atoms with E-state index < -0.39 is 0 Å². The molecule has 1 saturated heterocycles. The molecule has 4 N–H and O–H groups in total. The average molecular weight is 263 g/mol. The molecule has 1 aliphatic heterocycles. The quantitative estimate of drug-likeness (QED) is 0.750. The standard InChI is InChI=1S/C13H21N5O/c14-9-11-1-2-13(16-10-11)18-7-5-17(6-8-18)4-3-12(15)19/h1-2,10H,3-9,14H2,(H2,15,19). The number of anilines is 1. The zero-order valence-corrected chi connectivity index (χ0v) is 11.1. The van der Waals surface area contributed by atoms with Crippen LogP contribution in [-0.2, 0) is 11.3 Å². The van der Waals surface area contributed by atoms with Crippen molar-refractivity contribution in [2.24, 2.45) is 11.5 Å². The van der Waals surface area contributed by atoms with Crippen LogP contribution in [0, 0.1) is 0 Å². The van der Waals surface area contributed by atoms with Crippen LogP contribution in [0.15, 0.2) is 18.3 Å². The molecule has 1 aromatic heterocycles. The number of hydrogen-bond acceptors (Lipinski definition) is 5. The zero-order valence-electron chi connectivity index (χ0n) is 11.1. The van der Waals surface area contributed by atoms with Gasteiger partial charge in [-0.15, -0.1) is 0 Å². The molecule has 0 unspecified atom stereocenters. The van der Waals surface area contributed by atoms with Gasteiger partial charge in [0.25, 0.3) is 0 Å². The van der Waals surface area contributed by atoms with Gasteiger partial charge < -0.3 is 16.4 Å². The van der Waals surface area contributed by atoms with Crippen molar-refractivity contribution in [3.05, 3.63) is 23.9 Å². The minimum atomic E-state index is -0.235. The third-order valence-electron chi connectivity index (χ3n) is 3.42. The first-order chi connectivity index (χ1) is 9.19. The summed E-state index contributed by atoms with van der Waals surface area (Å²) in [7, 11) is 0. The lowest BCUT2D eigenvalue weighted by Crippen LogP contribution is -2.47. The topological polar surface area (TPSA) is 88.5 Å². The number of pyridine rings is 1. The van der Waals surface area contributed by atoms with Crippen molar-refractivity contribution in [3.8, 4) is 0 Å². The van der Waals surface area contributed by atoms with Crippen molar-refractivity contribution in [1.29, 1.82) is 0 Å². The molecule has 104 valence electrons. The largest absolute Gasteiger partial charge is 0.370 e. The van der Waals surface area contributed by atoms with Gasteiger partial charge in [-0.05, 0) is 11.6 Å². The summed E-state index contributed by atoms with van der Waals surface area (Å²) in [6, 6.07) is 4.03. The molecular formula is C13H21N5O. The number of carbonyl (C=O) groups is 1. The van der Waals surface area contributed by atoms with Crippen LogP contribution < -0.4 is 16.4 Å². The number of primary amides is 1. The summed E-state index contributed by atoms with van der Waals surface area (Å²) in [5.74, 6) is 0.758. The van der Waals surface area contributed by atoms with Crippen LogP contribution in [0.1, 0.15) is 12.0 Å². The second kappa shape index (κ2) is 6.49. The van der Waals surface area contributed by atoms with Crippen molar-refractivity contribution in [1.82, 2.24) is 9.88 Å².